The van der Waals surface area contributed by atoms with Crippen LogP contribution in [0.3, 0.4) is 0 Å². The van der Waals surface area contributed by atoms with Gasteiger partial charge in [-0.25, -0.2) is 4.39 Å². The lowest BCUT2D eigenvalue weighted by Crippen LogP contribution is -1.94. The fourth-order valence-electron chi connectivity index (χ4n) is 1.78. The third-order valence-corrected chi connectivity index (χ3v) is 2.71. The number of benzene rings is 2. The molecule has 18 heavy (non-hydrogen) atoms. The molecule has 0 saturated carbocycles. The zero-order chi connectivity index (χ0) is 13.1. The number of halogens is 1. The lowest BCUT2D eigenvalue weighted by Gasteiger charge is -2.11. The first-order chi connectivity index (χ1) is 8.65. The van der Waals surface area contributed by atoms with Crippen LogP contribution in [0.5, 0.6) is 11.5 Å². The molecule has 0 atom stereocenters. The number of nitrogens with two attached hydrogens (primary N) is 1. The molecule has 2 rings (SSSR count). The summed E-state index contributed by atoms with van der Waals surface area (Å²) in [5, 5.41) is 0. The number of nitrogen functional groups attached to an aromatic ring is 1. The summed E-state index contributed by atoms with van der Waals surface area (Å²) in [5.41, 5.74) is 7.78. The van der Waals surface area contributed by atoms with E-state index in [2.05, 4.69) is 0 Å². The molecule has 0 bridgehead atoms. The Kier molecular flexibility index (Phi) is 3.37. The van der Waals surface area contributed by atoms with Crippen LogP contribution < -0.4 is 15.2 Å². The van der Waals surface area contributed by atoms with Crippen LogP contribution in [0.4, 0.5) is 10.1 Å². The largest absolute Gasteiger partial charge is 0.493 e. The lowest BCUT2D eigenvalue weighted by molar-refractivity contribution is 0.355. The average Bonchev–Trinajstić information content (AvgIpc) is 2.40. The molecule has 0 aromatic heterocycles. The molecule has 0 amide bonds. The van der Waals surface area contributed by atoms with Crippen molar-refractivity contribution in [2.24, 2.45) is 0 Å². The summed E-state index contributed by atoms with van der Waals surface area (Å²) in [5.74, 6) is 0.879. The van der Waals surface area contributed by atoms with Crippen molar-refractivity contribution in [3.05, 3.63) is 42.2 Å². The third kappa shape index (κ3) is 2.22. The highest BCUT2D eigenvalue weighted by Gasteiger charge is 2.09. The molecule has 0 radical (unpaired) electrons. The summed E-state index contributed by atoms with van der Waals surface area (Å²) < 4.78 is 23.6. The van der Waals surface area contributed by atoms with Gasteiger partial charge in [0.25, 0.3) is 0 Å². The highest BCUT2D eigenvalue weighted by molar-refractivity contribution is 5.77. The van der Waals surface area contributed by atoms with E-state index in [0.717, 1.165) is 5.56 Å². The van der Waals surface area contributed by atoms with Crippen LogP contribution in [-0.4, -0.2) is 14.2 Å². The topological polar surface area (TPSA) is 44.5 Å². The van der Waals surface area contributed by atoms with E-state index in [1.54, 1.807) is 32.4 Å². The van der Waals surface area contributed by atoms with E-state index in [0.29, 0.717) is 22.7 Å². The molecule has 0 aliphatic rings. The quantitative estimate of drug-likeness (QED) is 0.848. The molecule has 0 aliphatic heterocycles. The summed E-state index contributed by atoms with van der Waals surface area (Å²) in [6.07, 6.45) is 0. The minimum absolute atomic E-state index is 0.325. The van der Waals surface area contributed by atoms with E-state index >= 15 is 0 Å². The van der Waals surface area contributed by atoms with Crippen molar-refractivity contribution in [2.45, 2.75) is 0 Å². The van der Waals surface area contributed by atoms with Gasteiger partial charge in [-0.2, -0.15) is 0 Å². The van der Waals surface area contributed by atoms with Gasteiger partial charge in [0, 0.05) is 11.3 Å². The van der Waals surface area contributed by atoms with Crippen molar-refractivity contribution >= 4 is 5.69 Å². The van der Waals surface area contributed by atoms with E-state index in [1.165, 1.54) is 12.1 Å². The maximum absolute atomic E-state index is 13.2. The Hall–Kier alpha value is -2.23. The van der Waals surface area contributed by atoms with Crippen LogP contribution in [0.1, 0.15) is 0 Å². The zero-order valence-electron chi connectivity index (χ0n) is 10.2. The van der Waals surface area contributed by atoms with Gasteiger partial charge in [-0.3, -0.25) is 0 Å². The maximum atomic E-state index is 13.2. The summed E-state index contributed by atoms with van der Waals surface area (Å²) in [4.78, 5) is 0. The van der Waals surface area contributed by atoms with Crippen molar-refractivity contribution in [3.8, 4) is 22.6 Å². The van der Waals surface area contributed by atoms with E-state index in [9.17, 15) is 4.39 Å². The van der Waals surface area contributed by atoms with Crippen molar-refractivity contribution in [1.82, 2.24) is 0 Å². The van der Waals surface area contributed by atoms with Gasteiger partial charge in [-0.15, -0.1) is 0 Å². The number of methoxy groups -OCH3 is 2. The first-order valence-corrected chi connectivity index (χ1v) is 5.43. The van der Waals surface area contributed by atoms with Gasteiger partial charge < -0.3 is 15.2 Å². The van der Waals surface area contributed by atoms with Crippen LogP contribution in [0.25, 0.3) is 11.1 Å². The predicted molar refractivity (Wildman–Crippen MR) is 69.4 cm³/mol. The number of rotatable bonds is 3. The molecule has 2 aromatic carbocycles. The van der Waals surface area contributed by atoms with E-state index in [4.69, 9.17) is 15.2 Å². The zero-order valence-corrected chi connectivity index (χ0v) is 10.2. The van der Waals surface area contributed by atoms with Gasteiger partial charge in [0.1, 0.15) is 5.82 Å². The van der Waals surface area contributed by atoms with Crippen molar-refractivity contribution in [2.75, 3.05) is 20.0 Å². The fraction of sp³-hybridized carbons (Fsp3) is 0.143. The summed E-state index contributed by atoms with van der Waals surface area (Å²) in [7, 11) is 3.12. The second-order valence-electron chi connectivity index (χ2n) is 3.80. The lowest BCUT2D eigenvalue weighted by atomic mass is 10.0. The van der Waals surface area contributed by atoms with Gasteiger partial charge in [-0.1, -0.05) is 6.07 Å². The summed E-state index contributed by atoms with van der Waals surface area (Å²) >= 11 is 0. The molecule has 0 unspecified atom stereocenters. The Bertz CT molecular complexity index is 570. The van der Waals surface area contributed by atoms with E-state index < -0.39 is 0 Å². The number of ether oxygens (including phenoxy) is 2. The number of anilines is 1. The molecule has 0 aliphatic carbocycles. The molecule has 2 N–H and O–H groups in total. The smallest absolute Gasteiger partial charge is 0.161 e. The first kappa shape index (κ1) is 12.2. The minimum Gasteiger partial charge on any atom is -0.493 e. The molecule has 0 spiro atoms. The Morgan fingerprint density at radius 2 is 1.67 bits per heavy atom. The third-order valence-electron chi connectivity index (χ3n) is 2.71. The van der Waals surface area contributed by atoms with E-state index in [1.807, 2.05) is 6.07 Å². The standard InChI is InChI=1S/C14H14FNO2/c1-17-13-6-3-9(7-14(13)18-2)11-8-10(15)4-5-12(11)16/h3-8H,16H2,1-2H3. The van der Waals surface area contributed by atoms with Crippen LogP contribution in [0.2, 0.25) is 0 Å². The van der Waals surface area contributed by atoms with Crippen molar-refractivity contribution < 1.29 is 13.9 Å². The SMILES string of the molecule is COc1ccc(-c2cc(F)ccc2N)cc1OC. The molecule has 0 fully saturated rings. The van der Waals surface area contributed by atoms with Gasteiger partial charge >= 0.3 is 0 Å². The maximum Gasteiger partial charge on any atom is 0.161 e. The first-order valence-electron chi connectivity index (χ1n) is 5.43. The van der Waals surface area contributed by atoms with Gasteiger partial charge in [0.05, 0.1) is 14.2 Å². The Morgan fingerprint density at radius 1 is 0.944 bits per heavy atom. The second-order valence-corrected chi connectivity index (χ2v) is 3.80. The van der Waals surface area contributed by atoms with Gasteiger partial charge in [0.2, 0.25) is 0 Å². The van der Waals surface area contributed by atoms with Crippen LogP contribution in [0, 0.1) is 5.82 Å². The normalized spacial score (nSPS) is 10.2. The fourth-order valence-corrected chi connectivity index (χ4v) is 1.78. The Morgan fingerprint density at radius 3 is 2.33 bits per heavy atom. The predicted octanol–water partition coefficient (Wildman–Crippen LogP) is 3.09. The Balaban J connectivity index is 2.54. The molecule has 4 heteroatoms. The second kappa shape index (κ2) is 4.96. The van der Waals surface area contributed by atoms with Crippen LogP contribution >= 0.6 is 0 Å². The van der Waals surface area contributed by atoms with Crippen LogP contribution in [-0.2, 0) is 0 Å². The highest BCUT2D eigenvalue weighted by atomic mass is 19.1. The van der Waals surface area contributed by atoms with Gasteiger partial charge in [0.15, 0.2) is 11.5 Å². The van der Waals surface area contributed by atoms with E-state index in [-0.39, 0.29) is 5.82 Å². The number of hydrogen-bond acceptors (Lipinski definition) is 3. The molecule has 3 nitrogen and oxygen atoms in total. The summed E-state index contributed by atoms with van der Waals surface area (Å²) in [6, 6.07) is 9.62. The minimum atomic E-state index is -0.325. The molecular weight excluding hydrogens is 233 g/mol. The number of hydrogen-bond donors (Lipinski definition) is 1. The molecule has 94 valence electrons. The molecular formula is C14H14FNO2. The monoisotopic (exact) mass is 247 g/mol. The van der Waals surface area contributed by atoms with Crippen LogP contribution in [0.15, 0.2) is 36.4 Å². The van der Waals surface area contributed by atoms with Crippen molar-refractivity contribution in [3.63, 3.8) is 0 Å². The average molecular weight is 247 g/mol. The highest BCUT2D eigenvalue weighted by Crippen LogP contribution is 2.34. The molecule has 0 heterocycles. The molecule has 0 saturated heterocycles. The molecule has 2 aromatic rings. The Labute approximate surface area is 105 Å². The van der Waals surface area contributed by atoms with Gasteiger partial charge in [-0.05, 0) is 35.9 Å². The summed E-state index contributed by atoms with van der Waals surface area (Å²) in [6.45, 7) is 0. The van der Waals surface area contributed by atoms with Crippen molar-refractivity contribution in [1.29, 1.82) is 0 Å².